The third-order valence-corrected chi connectivity index (χ3v) is 4.77. The van der Waals surface area contributed by atoms with Gasteiger partial charge in [-0.1, -0.05) is 31.4 Å². The lowest BCUT2D eigenvalue weighted by Crippen LogP contribution is -2.28. The van der Waals surface area contributed by atoms with Crippen molar-refractivity contribution in [3.63, 3.8) is 0 Å². The van der Waals surface area contributed by atoms with Gasteiger partial charge in [0.15, 0.2) is 0 Å². The Morgan fingerprint density at radius 2 is 2.00 bits per heavy atom. The van der Waals surface area contributed by atoms with Crippen LogP contribution in [0.15, 0.2) is 23.3 Å². The van der Waals surface area contributed by atoms with Gasteiger partial charge in [-0.25, -0.2) is 0 Å². The summed E-state index contributed by atoms with van der Waals surface area (Å²) in [6.45, 7) is 5.13. The van der Waals surface area contributed by atoms with E-state index in [0.29, 0.717) is 12.0 Å². The highest BCUT2D eigenvalue weighted by Gasteiger charge is 2.43. The van der Waals surface area contributed by atoms with Crippen molar-refractivity contribution in [1.29, 1.82) is 0 Å². The molecule has 2 nitrogen and oxygen atoms in total. The second-order valence-electron chi connectivity index (χ2n) is 5.77. The molecule has 17 heavy (non-hydrogen) atoms. The van der Waals surface area contributed by atoms with Crippen molar-refractivity contribution in [1.82, 2.24) is 0 Å². The van der Waals surface area contributed by atoms with Crippen LogP contribution in [0.3, 0.4) is 0 Å². The topological polar surface area (TPSA) is 29.5 Å². The van der Waals surface area contributed by atoms with Gasteiger partial charge in [-0.2, -0.15) is 0 Å². The van der Waals surface area contributed by atoms with Crippen molar-refractivity contribution < 1.29 is 9.84 Å². The third kappa shape index (κ3) is 1.88. The standard InChI is InChI=1S/C15H22O2/c1-10-7-12(8-16)13-9-17-15(14(10)13)11-5-3-2-4-6-11/h11,14-16H,1-9H2/t14-,15+/m1/s1. The van der Waals surface area contributed by atoms with Crippen molar-refractivity contribution >= 4 is 0 Å². The number of hydrogen-bond donors (Lipinski definition) is 1. The van der Waals surface area contributed by atoms with Crippen LogP contribution >= 0.6 is 0 Å². The minimum absolute atomic E-state index is 0.186. The van der Waals surface area contributed by atoms with Gasteiger partial charge in [-0.3, -0.25) is 0 Å². The number of rotatable bonds is 2. The fraction of sp³-hybridized carbons (Fsp3) is 0.733. The molecule has 94 valence electrons. The summed E-state index contributed by atoms with van der Waals surface area (Å²) >= 11 is 0. The predicted molar refractivity (Wildman–Crippen MR) is 67.7 cm³/mol. The van der Waals surface area contributed by atoms with Gasteiger partial charge in [0.2, 0.25) is 0 Å². The second-order valence-corrected chi connectivity index (χ2v) is 5.77. The van der Waals surface area contributed by atoms with Crippen molar-refractivity contribution in [2.75, 3.05) is 13.2 Å². The average Bonchev–Trinajstić information content (AvgIpc) is 2.92. The van der Waals surface area contributed by atoms with Gasteiger partial charge in [-0.05, 0) is 36.3 Å². The van der Waals surface area contributed by atoms with Crippen LogP contribution in [0.4, 0.5) is 0 Å². The van der Waals surface area contributed by atoms with E-state index in [4.69, 9.17) is 4.74 Å². The van der Waals surface area contributed by atoms with Crippen LogP contribution in [0.1, 0.15) is 38.5 Å². The SMILES string of the molecule is C=C1CC(CO)=C2CO[C@@H](C3CCCCC3)[C@H]12. The van der Waals surface area contributed by atoms with Crippen LogP contribution in [-0.4, -0.2) is 24.4 Å². The van der Waals surface area contributed by atoms with Gasteiger partial charge in [0.05, 0.1) is 19.3 Å². The molecular formula is C15H22O2. The van der Waals surface area contributed by atoms with Gasteiger partial charge in [0, 0.05) is 5.92 Å². The Kier molecular flexibility index (Phi) is 3.10. The molecule has 0 radical (unpaired) electrons. The summed E-state index contributed by atoms with van der Waals surface area (Å²) in [4.78, 5) is 0. The van der Waals surface area contributed by atoms with E-state index in [-0.39, 0.29) is 6.61 Å². The van der Waals surface area contributed by atoms with Crippen LogP contribution in [0.25, 0.3) is 0 Å². The zero-order valence-electron chi connectivity index (χ0n) is 10.5. The maximum Gasteiger partial charge on any atom is 0.0711 e. The molecule has 2 atom stereocenters. The molecule has 2 fully saturated rings. The molecule has 0 aromatic rings. The van der Waals surface area contributed by atoms with Gasteiger partial charge in [0.1, 0.15) is 0 Å². The van der Waals surface area contributed by atoms with E-state index < -0.39 is 0 Å². The molecule has 1 N–H and O–H groups in total. The summed E-state index contributed by atoms with van der Waals surface area (Å²) < 4.78 is 6.03. The largest absolute Gasteiger partial charge is 0.392 e. The van der Waals surface area contributed by atoms with Gasteiger partial charge >= 0.3 is 0 Å². The Balaban J connectivity index is 1.80. The van der Waals surface area contributed by atoms with Crippen LogP contribution in [0.5, 0.6) is 0 Å². The molecule has 1 saturated heterocycles. The molecule has 2 aliphatic carbocycles. The maximum atomic E-state index is 9.37. The first-order valence-electron chi connectivity index (χ1n) is 6.92. The molecule has 0 aromatic heterocycles. The number of ether oxygens (including phenoxy) is 1. The molecule has 3 rings (SSSR count). The quantitative estimate of drug-likeness (QED) is 0.744. The van der Waals surface area contributed by atoms with E-state index in [2.05, 4.69) is 6.58 Å². The van der Waals surface area contributed by atoms with Gasteiger partial charge < -0.3 is 9.84 Å². The second kappa shape index (κ2) is 4.58. The summed E-state index contributed by atoms with van der Waals surface area (Å²) in [5, 5.41) is 9.37. The molecule has 0 amide bonds. The Labute approximate surface area is 103 Å². The van der Waals surface area contributed by atoms with Crippen molar-refractivity contribution in [2.45, 2.75) is 44.6 Å². The number of fused-ring (bicyclic) bond motifs is 1. The molecule has 0 unspecified atom stereocenters. The van der Waals surface area contributed by atoms with Gasteiger partial charge in [0.25, 0.3) is 0 Å². The number of hydrogen-bond acceptors (Lipinski definition) is 2. The molecule has 1 heterocycles. The van der Waals surface area contributed by atoms with Crippen LogP contribution in [-0.2, 0) is 4.74 Å². The zero-order chi connectivity index (χ0) is 11.8. The normalized spacial score (nSPS) is 34.5. The molecule has 3 aliphatic rings. The highest BCUT2D eigenvalue weighted by Crippen LogP contribution is 2.47. The Bertz CT molecular complexity index is 350. The first kappa shape index (κ1) is 11.5. The van der Waals surface area contributed by atoms with Crippen molar-refractivity contribution in [2.24, 2.45) is 11.8 Å². The summed E-state index contributed by atoms with van der Waals surface area (Å²) in [5.41, 5.74) is 3.81. The Morgan fingerprint density at radius 3 is 2.71 bits per heavy atom. The minimum Gasteiger partial charge on any atom is -0.392 e. The van der Waals surface area contributed by atoms with E-state index in [1.807, 2.05) is 0 Å². The minimum atomic E-state index is 0.186. The lowest BCUT2D eigenvalue weighted by Gasteiger charge is -2.30. The van der Waals surface area contributed by atoms with Crippen molar-refractivity contribution in [3.8, 4) is 0 Å². The number of aliphatic hydroxyl groups is 1. The number of aliphatic hydroxyl groups excluding tert-OH is 1. The monoisotopic (exact) mass is 234 g/mol. The summed E-state index contributed by atoms with van der Waals surface area (Å²) in [6, 6.07) is 0. The summed E-state index contributed by atoms with van der Waals surface area (Å²) in [6.07, 6.45) is 8.00. The maximum absolute atomic E-state index is 9.37. The Hall–Kier alpha value is -0.600. The first-order valence-corrected chi connectivity index (χ1v) is 6.92. The lowest BCUT2D eigenvalue weighted by atomic mass is 9.78. The summed E-state index contributed by atoms with van der Waals surface area (Å²) in [5.74, 6) is 1.15. The van der Waals surface area contributed by atoms with E-state index in [0.717, 1.165) is 18.9 Å². The first-order chi connectivity index (χ1) is 8.31. The fourth-order valence-corrected chi connectivity index (χ4v) is 3.90. The zero-order valence-corrected chi connectivity index (χ0v) is 10.5. The van der Waals surface area contributed by atoms with Gasteiger partial charge in [-0.15, -0.1) is 0 Å². The van der Waals surface area contributed by atoms with E-state index in [9.17, 15) is 5.11 Å². The third-order valence-electron chi connectivity index (χ3n) is 4.77. The van der Waals surface area contributed by atoms with E-state index in [1.54, 1.807) is 0 Å². The molecule has 0 aromatic carbocycles. The summed E-state index contributed by atoms with van der Waals surface area (Å²) in [7, 11) is 0. The molecule has 2 heteroatoms. The fourth-order valence-electron chi connectivity index (χ4n) is 3.90. The average molecular weight is 234 g/mol. The highest BCUT2D eigenvalue weighted by atomic mass is 16.5. The van der Waals surface area contributed by atoms with Crippen LogP contribution in [0, 0.1) is 11.8 Å². The molecule has 1 saturated carbocycles. The van der Waals surface area contributed by atoms with Crippen LogP contribution < -0.4 is 0 Å². The molecular weight excluding hydrogens is 212 g/mol. The smallest absolute Gasteiger partial charge is 0.0711 e. The molecule has 1 aliphatic heterocycles. The van der Waals surface area contributed by atoms with E-state index in [1.165, 1.54) is 48.8 Å². The van der Waals surface area contributed by atoms with Crippen LogP contribution in [0.2, 0.25) is 0 Å². The Morgan fingerprint density at radius 1 is 1.24 bits per heavy atom. The molecule has 0 spiro atoms. The van der Waals surface area contributed by atoms with Crippen molar-refractivity contribution in [3.05, 3.63) is 23.3 Å². The predicted octanol–water partition coefficient (Wildman–Crippen LogP) is 2.83. The van der Waals surface area contributed by atoms with E-state index >= 15 is 0 Å². The molecule has 0 bridgehead atoms. The highest BCUT2D eigenvalue weighted by molar-refractivity contribution is 5.40. The lowest BCUT2D eigenvalue weighted by molar-refractivity contribution is 0.0328.